The number of aromatic hydroxyl groups is 1. The molecule has 0 amide bonds. The van der Waals surface area contributed by atoms with E-state index in [1.54, 1.807) is 19.1 Å². The molecule has 0 aliphatic rings. The van der Waals surface area contributed by atoms with E-state index in [2.05, 4.69) is 23.9 Å². The lowest BCUT2D eigenvalue weighted by Gasteiger charge is -2.21. The van der Waals surface area contributed by atoms with Crippen molar-refractivity contribution < 1.29 is 10.2 Å². The van der Waals surface area contributed by atoms with Crippen molar-refractivity contribution in [3.63, 3.8) is 0 Å². The molecule has 0 fully saturated rings. The van der Waals surface area contributed by atoms with Crippen molar-refractivity contribution in [2.45, 2.75) is 19.4 Å². The van der Waals surface area contributed by atoms with Gasteiger partial charge < -0.3 is 20.0 Å². The Kier molecular flexibility index (Phi) is 5.44. The van der Waals surface area contributed by atoms with Gasteiger partial charge in [-0.3, -0.25) is 0 Å². The van der Waals surface area contributed by atoms with E-state index in [0.29, 0.717) is 5.56 Å². The molecule has 4 nitrogen and oxygen atoms in total. The van der Waals surface area contributed by atoms with E-state index in [1.807, 2.05) is 13.1 Å². The molecular formula is C14H24N2O2. The third-order valence-corrected chi connectivity index (χ3v) is 3.00. The maximum Gasteiger partial charge on any atom is 0.123 e. The number of aliphatic hydroxyl groups excluding tert-OH is 1. The highest BCUT2D eigenvalue weighted by Crippen LogP contribution is 2.28. The summed E-state index contributed by atoms with van der Waals surface area (Å²) in [4.78, 5) is 4.26. The molecule has 0 radical (unpaired) electrons. The molecule has 0 spiro atoms. The molecule has 1 aromatic rings. The Morgan fingerprint density at radius 1 is 1.17 bits per heavy atom. The number of anilines is 1. The van der Waals surface area contributed by atoms with Gasteiger partial charge in [-0.2, -0.15) is 0 Å². The Morgan fingerprint density at radius 2 is 1.83 bits per heavy atom. The van der Waals surface area contributed by atoms with Gasteiger partial charge in [0.1, 0.15) is 5.75 Å². The van der Waals surface area contributed by atoms with Crippen LogP contribution in [0.5, 0.6) is 5.75 Å². The van der Waals surface area contributed by atoms with E-state index in [9.17, 15) is 10.2 Å². The molecule has 4 heteroatoms. The Hall–Kier alpha value is -1.26. The molecule has 1 rings (SSSR count). The van der Waals surface area contributed by atoms with Crippen LogP contribution in [0.2, 0.25) is 0 Å². The van der Waals surface area contributed by atoms with Crippen LogP contribution in [-0.4, -0.2) is 49.3 Å². The monoisotopic (exact) mass is 252 g/mol. The topological polar surface area (TPSA) is 46.9 Å². The molecule has 0 aliphatic carbocycles. The van der Waals surface area contributed by atoms with Crippen molar-refractivity contribution >= 4 is 5.69 Å². The first-order valence-corrected chi connectivity index (χ1v) is 6.28. The number of nitrogens with zero attached hydrogens (tertiary/aromatic N) is 2. The first-order valence-electron chi connectivity index (χ1n) is 6.28. The molecule has 0 heterocycles. The largest absolute Gasteiger partial charge is 0.507 e. The molecule has 2 N–H and O–H groups in total. The van der Waals surface area contributed by atoms with Crippen molar-refractivity contribution in [1.82, 2.24) is 4.90 Å². The average Bonchev–Trinajstić information content (AvgIpc) is 2.27. The molecule has 0 saturated carbocycles. The number of hydrogen-bond donors (Lipinski definition) is 2. The number of phenolic OH excluding ortho intramolecular Hbond substituents is 1. The minimum atomic E-state index is -0.641. The van der Waals surface area contributed by atoms with Crippen LogP contribution < -0.4 is 4.90 Å². The quantitative estimate of drug-likeness (QED) is 0.811. The summed E-state index contributed by atoms with van der Waals surface area (Å²) in [6, 6.07) is 5.41. The molecular weight excluding hydrogens is 228 g/mol. The van der Waals surface area contributed by atoms with Crippen molar-refractivity contribution in [3.8, 4) is 5.75 Å². The summed E-state index contributed by atoms with van der Waals surface area (Å²) in [5.41, 5.74) is 1.54. The highest BCUT2D eigenvalue weighted by molar-refractivity contribution is 5.53. The first kappa shape index (κ1) is 14.8. The second-order valence-electron chi connectivity index (χ2n) is 5.00. The van der Waals surface area contributed by atoms with Crippen LogP contribution in [0.1, 0.15) is 25.0 Å². The number of phenols is 1. The molecule has 1 aromatic carbocycles. The second kappa shape index (κ2) is 6.61. The van der Waals surface area contributed by atoms with Crippen LogP contribution in [0.4, 0.5) is 5.69 Å². The third-order valence-electron chi connectivity index (χ3n) is 3.00. The fourth-order valence-electron chi connectivity index (χ4n) is 1.88. The highest BCUT2D eigenvalue weighted by atomic mass is 16.3. The van der Waals surface area contributed by atoms with Crippen LogP contribution in [0.25, 0.3) is 0 Å². The lowest BCUT2D eigenvalue weighted by Crippen LogP contribution is -2.23. The predicted molar refractivity (Wildman–Crippen MR) is 75.2 cm³/mol. The summed E-state index contributed by atoms with van der Waals surface area (Å²) in [6.45, 7) is 3.63. The fraction of sp³-hybridized carbons (Fsp3) is 0.571. The van der Waals surface area contributed by atoms with Gasteiger partial charge in [-0.15, -0.1) is 0 Å². The van der Waals surface area contributed by atoms with Gasteiger partial charge in [0.25, 0.3) is 0 Å². The van der Waals surface area contributed by atoms with Gasteiger partial charge in [-0.25, -0.2) is 0 Å². The van der Waals surface area contributed by atoms with Crippen molar-refractivity contribution in [3.05, 3.63) is 23.8 Å². The smallest absolute Gasteiger partial charge is 0.123 e. The van der Waals surface area contributed by atoms with Crippen LogP contribution >= 0.6 is 0 Å². The zero-order valence-electron chi connectivity index (χ0n) is 11.7. The minimum absolute atomic E-state index is 0.155. The SMILES string of the molecule is CC(O)c1ccc(N(C)CCCN(C)C)cc1O. The van der Waals surface area contributed by atoms with E-state index in [0.717, 1.165) is 25.2 Å². The molecule has 1 unspecified atom stereocenters. The highest BCUT2D eigenvalue weighted by Gasteiger charge is 2.09. The summed E-state index contributed by atoms with van der Waals surface area (Å²) < 4.78 is 0. The van der Waals surface area contributed by atoms with Gasteiger partial charge in [0.2, 0.25) is 0 Å². The second-order valence-corrected chi connectivity index (χ2v) is 5.00. The number of hydrogen-bond acceptors (Lipinski definition) is 4. The van der Waals surface area contributed by atoms with Gasteiger partial charge in [0, 0.05) is 30.9 Å². The van der Waals surface area contributed by atoms with Crippen LogP contribution in [-0.2, 0) is 0 Å². The molecule has 0 saturated heterocycles. The van der Waals surface area contributed by atoms with Gasteiger partial charge in [0.05, 0.1) is 6.10 Å². The summed E-state index contributed by atoms with van der Waals surface area (Å²) in [5, 5.41) is 19.3. The van der Waals surface area contributed by atoms with E-state index in [4.69, 9.17) is 0 Å². The Labute approximate surface area is 109 Å². The summed E-state index contributed by atoms with van der Waals surface area (Å²) in [6.07, 6.45) is 0.431. The van der Waals surface area contributed by atoms with E-state index in [-0.39, 0.29) is 5.75 Å². The van der Waals surface area contributed by atoms with E-state index in [1.165, 1.54) is 0 Å². The maximum atomic E-state index is 9.83. The summed E-state index contributed by atoms with van der Waals surface area (Å²) in [7, 11) is 6.12. The lowest BCUT2D eigenvalue weighted by molar-refractivity contribution is 0.195. The molecule has 0 aromatic heterocycles. The van der Waals surface area contributed by atoms with Gasteiger partial charge in [-0.1, -0.05) is 6.07 Å². The lowest BCUT2D eigenvalue weighted by atomic mass is 10.1. The van der Waals surface area contributed by atoms with Crippen molar-refractivity contribution in [2.75, 3.05) is 39.1 Å². The number of benzene rings is 1. The molecule has 0 bridgehead atoms. The molecule has 0 aliphatic heterocycles. The Balaban J connectivity index is 2.63. The Morgan fingerprint density at radius 3 is 2.33 bits per heavy atom. The fourth-order valence-corrected chi connectivity index (χ4v) is 1.88. The molecule has 1 atom stereocenters. The molecule has 102 valence electrons. The normalized spacial score (nSPS) is 12.8. The van der Waals surface area contributed by atoms with Gasteiger partial charge in [-0.05, 0) is 40.1 Å². The van der Waals surface area contributed by atoms with Crippen LogP contribution in [0, 0.1) is 0 Å². The van der Waals surface area contributed by atoms with E-state index < -0.39 is 6.10 Å². The third kappa shape index (κ3) is 4.20. The zero-order chi connectivity index (χ0) is 13.7. The maximum absolute atomic E-state index is 9.83. The van der Waals surface area contributed by atoms with E-state index >= 15 is 0 Å². The van der Waals surface area contributed by atoms with Crippen LogP contribution in [0.15, 0.2) is 18.2 Å². The zero-order valence-corrected chi connectivity index (χ0v) is 11.7. The average molecular weight is 252 g/mol. The molecule has 18 heavy (non-hydrogen) atoms. The Bertz CT molecular complexity index is 378. The standard InChI is InChI=1S/C14H24N2O2/c1-11(17)13-7-6-12(10-14(13)18)16(4)9-5-8-15(2)3/h6-7,10-11,17-18H,5,8-9H2,1-4H3. The first-order chi connectivity index (χ1) is 8.41. The van der Waals surface area contributed by atoms with Gasteiger partial charge >= 0.3 is 0 Å². The number of rotatable bonds is 6. The predicted octanol–water partition coefficient (Wildman–Crippen LogP) is 1.83. The summed E-state index contributed by atoms with van der Waals surface area (Å²) in [5.74, 6) is 0.155. The summed E-state index contributed by atoms with van der Waals surface area (Å²) >= 11 is 0. The number of aliphatic hydroxyl groups is 1. The van der Waals surface area contributed by atoms with Crippen molar-refractivity contribution in [1.29, 1.82) is 0 Å². The van der Waals surface area contributed by atoms with Crippen LogP contribution in [0.3, 0.4) is 0 Å². The van der Waals surface area contributed by atoms with Gasteiger partial charge in [0.15, 0.2) is 0 Å². The minimum Gasteiger partial charge on any atom is -0.507 e. The van der Waals surface area contributed by atoms with Crippen molar-refractivity contribution in [2.24, 2.45) is 0 Å².